The van der Waals surface area contributed by atoms with Gasteiger partial charge in [0.2, 0.25) is 11.8 Å². The smallest absolute Gasteiger partial charge is 0.244 e. The number of hydrogen-bond donors (Lipinski definition) is 3. The fourth-order valence-electron chi connectivity index (χ4n) is 3.98. The zero-order valence-corrected chi connectivity index (χ0v) is 18.7. The van der Waals surface area contributed by atoms with Crippen LogP contribution in [0.4, 0.5) is 4.39 Å². The minimum absolute atomic E-state index is 0.0482. The number of carbonyl (C=O) groups excluding carboxylic acids is 2. The van der Waals surface area contributed by atoms with E-state index in [1.165, 1.54) is 18.2 Å². The predicted molar refractivity (Wildman–Crippen MR) is 125 cm³/mol. The average Bonchev–Trinajstić information content (AvgIpc) is 3.16. The van der Waals surface area contributed by atoms with Crippen molar-refractivity contribution in [3.63, 3.8) is 0 Å². The molecule has 5 nitrogen and oxygen atoms in total. The molecule has 1 aliphatic rings. The fraction of sp³-hybridized carbons (Fsp3) is 0.385. The van der Waals surface area contributed by atoms with E-state index in [9.17, 15) is 14.0 Å². The molecule has 2 aromatic rings. The minimum Gasteiger partial charge on any atom is -0.356 e. The van der Waals surface area contributed by atoms with Crippen molar-refractivity contribution in [1.82, 2.24) is 16.0 Å². The maximum Gasteiger partial charge on any atom is 0.244 e. The number of halogens is 1. The summed E-state index contributed by atoms with van der Waals surface area (Å²) in [4.78, 5) is 24.4. The van der Waals surface area contributed by atoms with Gasteiger partial charge in [0.15, 0.2) is 0 Å². The number of benzene rings is 2. The number of rotatable bonds is 10. The van der Waals surface area contributed by atoms with Crippen molar-refractivity contribution >= 4 is 17.9 Å². The number of carbonyl (C=O) groups is 2. The summed E-state index contributed by atoms with van der Waals surface area (Å²) < 4.78 is 14.0. The third-order valence-corrected chi connectivity index (χ3v) is 5.76. The van der Waals surface area contributed by atoms with Crippen molar-refractivity contribution in [1.29, 1.82) is 0 Å². The van der Waals surface area contributed by atoms with E-state index in [-0.39, 0.29) is 35.6 Å². The van der Waals surface area contributed by atoms with Gasteiger partial charge in [0.25, 0.3) is 0 Å². The first-order valence-electron chi connectivity index (χ1n) is 11.2. The van der Waals surface area contributed by atoms with E-state index in [4.69, 9.17) is 0 Å². The Labute approximate surface area is 189 Å². The number of hydrogen-bond acceptors (Lipinski definition) is 3. The Balaban J connectivity index is 1.59. The van der Waals surface area contributed by atoms with E-state index in [2.05, 4.69) is 22.9 Å². The van der Waals surface area contributed by atoms with Gasteiger partial charge in [0.05, 0.1) is 0 Å². The third kappa shape index (κ3) is 7.31. The lowest BCUT2D eigenvalue weighted by molar-refractivity contribution is -0.122. The van der Waals surface area contributed by atoms with Gasteiger partial charge in [-0.1, -0.05) is 42.5 Å². The van der Waals surface area contributed by atoms with Gasteiger partial charge in [-0.25, -0.2) is 4.39 Å². The van der Waals surface area contributed by atoms with E-state index in [0.717, 1.165) is 30.5 Å². The first kappa shape index (κ1) is 23.7. The van der Waals surface area contributed by atoms with Crippen LogP contribution >= 0.6 is 0 Å². The van der Waals surface area contributed by atoms with Gasteiger partial charge < -0.3 is 16.0 Å². The Morgan fingerprint density at radius 3 is 2.72 bits per heavy atom. The minimum atomic E-state index is -0.346. The average molecular weight is 438 g/mol. The van der Waals surface area contributed by atoms with Crippen molar-refractivity contribution in [3.05, 3.63) is 77.1 Å². The molecule has 0 aliphatic carbocycles. The van der Waals surface area contributed by atoms with E-state index in [1.807, 2.05) is 43.3 Å². The Morgan fingerprint density at radius 1 is 1.25 bits per heavy atom. The third-order valence-electron chi connectivity index (χ3n) is 5.76. The highest BCUT2D eigenvalue weighted by molar-refractivity contribution is 5.92. The molecule has 1 aliphatic heterocycles. The van der Waals surface area contributed by atoms with E-state index in [1.54, 1.807) is 6.07 Å². The van der Waals surface area contributed by atoms with Gasteiger partial charge in [-0.15, -0.1) is 0 Å². The summed E-state index contributed by atoms with van der Waals surface area (Å²) in [6, 6.07) is 14.9. The molecule has 0 saturated carbocycles. The second kappa shape index (κ2) is 11.6. The summed E-state index contributed by atoms with van der Waals surface area (Å²) >= 11 is 0. The van der Waals surface area contributed by atoms with Crippen LogP contribution in [0.25, 0.3) is 6.08 Å². The molecule has 32 heavy (non-hydrogen) atoms. The molecule has 3 N–H and O–H groups in total. The highest BCUT2D eigenvalue weighted by Gasteiger charge is 2.25. The normalized spacial score (nSPS) is 17.8. The van der Waals surface area contributed by atoms with Gasteiger partial charge in [-0.05, 0) is 56.4 Å². The molecule has 1 fully saturated rings. The van der Waals surface area contributed by atoms with Crippen molar-refractivity contribution in [2.75, 3.05) is 13.1 Å². The predicted octanol–water partition coefficient (Wildman–Crippen LogP) is 3.38. The largest absolute Gasteiger partial charge is 0.356 e. The van der Waals surface area contributed by atoms with Gasteiger partial charge in [-0.2, -0.15) is 0 Å². The van der Waals surface area contributed by atoms with Crippen molar-refractivity contribution < 1.29 is 14.0 Å². The molecule has 2 aromatic carbocycles. The highest BCUT2D eigenvalue weighted by atomic mass is 19.1. The quantitative estimate of drug-likeness (QED) is 0.499. The second-order valence-corrected chi connectivity index (χ2v) is 8.58. The van der Waals surface area contributed by atoms with Gasteiger partial charge in [0.1, 0.15) is 5.82 Å². The first-order chi connectivity index (χ1) is 15.4. The summed E-state index contributed by atoms with van der Waals surface area (Å²) in [5.41, 5.74) is 2.34. The van der Waals surface area contributed by atoms with Crippen LogP contribution in [0.2, 0.25) is 0 Å². The molecule has 1 saturated heterocycles. The molecule has 0 unspecified atom stereocenters. The van der Waals surface area contributed by atoms with Crippen LogP contribution in [0.15, 0.2) is 54.6 Å². The summed E-state index contributed by atoms with van der Waals surface area (Å²) in [5.74, 6) is -0.440. The lowest BCUT2D eigenvalue weighted by Gasteiger charge is -2.23. The standard InChI is InChI=1S/C26H32FN3O2/c1-18-8-9-21(24(27)14-18)10-11-25(31)30-23(16-20-6-4-3-5-7-20)17-29-19(2)15-22-12-13-28-26(22)32/h3-11,14,19,22-23,29H,12-13,15-17H2,1-2H3,(H,28,32)(H,30,31)/b11-10+/t19-,22+,23-/m1/s1. The molecule has 0 aromatic heterocycles. The van der Waals surface area contributed by atoms with Crippen LogP contribution in [0.3, 0.4) is 0 Å². The molecule has 3 atom stereocenters. The molecule has 2 amide bonds. The van der Waals surface area contributed by atoms with Gasteiger partial charge in [-0.3, -0.25) is 9.59 Å². The lowest BCUT2D eigenvalue weighted by atomic mass is 9.99. The van der Waals surface area contributed by atoms with Crippen LogP contribution in [0.5, 0.6) is 0 Å². The summed E-state index contributed by atoms with van der Waals surface area (Å²) in [5, 5.41) is 9.38. The van der Waals surface area contributed by atoms with E-state index < -0.39 is 0 Å². The number of nitrogens with one attached hydrogen (secondary N) is 3. The van der Waals surface area contributed by atoms with Gasteiger partial charge >= 0.3 is 0 Å². The maximum absolute atomic E-state index is 14.0. The molecule has 6 heteroatoms. The van der Waals surface area contributed by atoms with Crippen LogP contribution in [-0.2, 0) is 16.0 Å². The Hall–Kier alpha value is -2.99. The summed E-state index contributed by atoms with van der Waals surface area (Å²) in [6.07, 6.45) is 5.18. The highest BCUT2D eigenvalue weighted by Crippen LogP contribution is 2.16. The fourth-order valence-corrected chi connectivity index (χ4v) is 3.98. The Bertz CT molecular complexity index is 945. The molecule has 0 spiro atoms. The Morgan fingerprint density at radius 2 is 2.03 bits per heavy atom. The summed E-state index contributed by atoms with van der Waals surface area (Å²) in [7, 11) is 0. The molecular formula is C26H32FN3O2. The zero-order chi connectivity index (χ0) is 22.9. The lowest BCUT2D eigenvalue weighted by Crippen LogP contribution is -2.45. The van der Waals surface area contributed by atoms with Crippen LogP contribution < -0.4 is 16.0 Å². The SMILES string of the molecule is Cc1ccc(/C=C/C(=O)N[C@@H](CN[C@H](C)C[C@@H]2CCNC2=O)Cc2ccccc2)c(F)c1. The maximum atomic E-state index is 14.0. The molecule has 0 bridgehead atoms. The molecular weight excluding hydrogens is 405 g/mol. The second-order valence-electron chi connectivity index (χ2n) is 8.58. The van der Waals surface area contributed by atoms with Crippen molar-refractivity contribution in [2.45, 2.75) is 45.2 Å². The number of aryl methyl sites for hydroxylation is 1. The number of amides is 2. The van der Waals surface area contributed by atoms with Crippen LogP contribution in [0, 0.1) is 18.7 Å². The monoisotopic (exact) mass is 437 g/mol. The van der Waals surface area contributed by atoms with Crippen LogP contribution in [-0.4, -0.2) is 37.0 Å². The topological polar surface area (TPSA) is 70.2 Å². The zero-order valence-electron chi connectivity index (χ0n) is 18.7. The van der Waals surface area contributed by atoms with E-state index >= 15 is 0 Å². The van der Waals surface area contributed by atoms with E-state index in [0.29, 0.717) is 18.5 Å². The molecule has 3 rings (SSSR count). The first-order valence-corrected chi connectivity index (χ1v) is 11.2. The molecule has 0 radical (unpaired) electrons. The van der Waals surface area contributed by atoms with Crippen molar-refractivity contribution in [3.8, 4) is 0 Å². The Kier molecular flexibility index (Phi) is 8.56. The molecule has 1 heterocycles. The van der Waals surface area contributed by atoms with Crippen LogP contribution in [0.1, 0.15) is 36.5 Å². The molecule has 170 valence electrons. The van der Waals surface area contributed by atoms with Crippen molar-refractivity contribution in [2.24, 2.45) is 5.92 Å². The van der Waals surface area contributed by atoms with Gasteiger partial charge in [0, 0.05) is 42.7 Å². The summed E-state index contributed by atoms with van der Waals surface area (Å²) in [6.45, 7) is 5.21.